The molecule has 1 aliphatic rings. The zero-order valence-corrected chi connectivity index (χ0v) is 8.64. The second-order valence-electron chi connectivity index (χ2n) is 3.68. The first-order valence-corrected chi connectivity index (χ1v) is 4.86. The molecule has 4 heteroatoms. The normalized spacial score (nSPS) is 25.8. The van der Waals surface area contributed by atoms with Crippen molar-refractivity contribution in [1.82, 2.24) is 5.32 Å². The van der Waals surface area contributed by atoms with Crippen molar-refractivity contribution in [2.75, 3.05) is 6.67 Å². The number of hydrogen-bond acceptors (Lipinski definition) is 4. The van der Waals surface area contributed by atoms with Crippen molar-refractivity contribution in [3.8, 4) is 0 Å². The van der Waals surface area contributed by atoms with E-state index in [1.54, 1.807) is 6.21 Å². The lowest BCUT2D eigenvalue weighted by atomic mass is 9.93. The van der Waals surface area contributed by atoms with Crippen molar-refractivity contribution in [3.05, 3.63) is 35.9 Å². The number of hydrogen-bond donors (Lipinski definition) is 2. The zero-order valence-electron chi connectivity index (χ0n) is 8.64. The minimum Gasteiger partial charge on any atom is -0.368 e. The van der Waals surface area contributed by atoms with E-state index in [2.05, 4.69) is 34.4 Å². The fraction of sp³-hybridized carbons (Fsp3) is 0.273. The molecule has 15 heavy (non-hydrogen) atoms. The van der Waals surface area contributed by atoms with Crippen LogP contribution in [0.5, 0.6) is 0 Å². The minimum absolute atomic E-state index is 0.300. The van der Waals surface area contributed by atoms with Gasteiger partial charge in [0.1, 0.15) is 0 Å². The lowest BCUT2D eigenvalue weighted by Crippen LogP contribution is -2.40. The summed E-state index contributed by atoms with van der Waals surface area (Å²) in [6.07, 6.45) is 1.80. The Morgan fingerprint density at radius 2 is 2.07 bits per heavy atom. The molecule has 1 aliphatic heterocycles. The zero-order chi connectivity index (χ0) is 10.7. The van der Waals surface area contributed by atoms with Gasteiger partial charge >= 0.3 is 0 Å². The third-order valence-electron chi connectivity index (χ3n) is 2.52. The van der Waals surface area contributed by atoms with E-state index in [1.165, 1.54) is 0 Å². The van der Waals surface area contributed by atoms with Crippen LogP contribution in [0.15, 0.2) is 40.3 Å². The summed E-state index contributed by atoms with van der Waals surface area (Å²) in [6.45, 7) is 2.54. The van der Waals surface area contributed by atoms with Crippen molar-refractivity contribution >= 4 is 12.2 Å². The highest BCUT2D eigenvalue weighted by Gasteiger charge is 2.24. The quantitative estimate of drug-likeness (QED) is 0.709. The third kappa shape index (κ3) is 2.05. The Morgan fingerprint density at radius 3 is 2.80 bits per heavy atom. The van der Waals surface area contributed by atoms with Crippen molar-refractivity contribution < 1.29 is 0 Å². The average Bonchev–Trinajstić information content (AvgIpc) is 2.44. The van der Waals surface area contributed by atoms with Gasteiger partial charge < -0.3 is 5.73 Å². The maximum absolute atomic E-state index is 5.55. The molecule has 0 aliphatic carbocycles. The predicted octanol–water partition coefficient (Wildman–Crippen LogP) is 0.848. The average molecular weight is 202 g/mol. The number of aliphatic imine (C=N–C) groups is 2. The molecular weight excluding hydrogens is 188 g/mol. The fourth-order valence-electron chi connectivity index (χ4n) is 1.53. The van der Waals surface area contributed by atoms with Crippen LogP contribution >= 0.6 is 0 Å². The van der Waals surface area contributed by atoms with Gasteiger partial charge in [0.05, 0.1) is 12.2 Å². The molecule has 2 rings (SSSR count). The molecule has 1 aromatic carbocycles. The van der Waals surface area contributed by atoms with E-state index in [0.29, 0.717) is 12.6 Å². The molecule has 1 unspecified atom stereocenters. The van der Waals surface area contributed by atoms with Crippen LogP contribution in [-0.4, -0.2) is 18.8 Å². The SMILES string of the molecule is CC1(c2ccccc2)C=NC(N)=NCN1. The van der Waals surface area contributed by atoms with E-state index < -0.39 is 0 Å². The first kappa shape index (κ1) is 9.86. The molecule has 0 spiro atoms. The summed E-state index contributed by atoms with van der Waals surface area (Å²) in [5.41, 5.74) is 6.40. The van der Waals surface area contributed by atoms with Gasteiger partial charge in [0.2, 0.25) is 5.96 Å². The molecule has 4 nitrogen and oxygen atoms in total. The Balaban J connectivity index is 2.32. The molecule has 0 amide bonds. The van der Waals surface area contributed by atoms with Crippen molar-refractivity contribution in [3.63, 3.8) is 0 Å². The van der Waals surface area contributed by atoms with Gasteiger partial charge in [-0.05, 0) is 12.5 Å². The molecule has 0 bridgehead atoms. The molecular formula is C11H14N4. The first-order valence-electron chi connectivity index (χ1n) is 4.86. The van der Waals surface area contributed by atoms with E-state index >= 15 is 0 Å². The Bertz CT molecular complexity index is 396. The Hall–Kier alpha value is -1.68. The smallest absolute Gasteiger partial charge is 0.216 e. The van der Waals surface area contributed by atoms with Crippen LogP contribution in [0.4, 0.5) is 0 Å². The number of benzene rings is 1. The van der Waals surface area contributed by atoms with E-state index in [0.717, 1.165) is 5.56 Å². The summed E-state index contributed by atoms with van der Waals surface area (Å²) in [4.78, 5) is 8.12. The van der Waals surface area contributed by atoms with Crippen LogP contribution in [-0.2, 0) is 5.54 Å². The summed E-state index contributed by atoms with van der Waals surface area (Å²) in [5.74, 6) is 0.321. The topological polar surface area (TPSA) is 62.8 Å². The lowest BCUT2D eigenvalue weighted by molar-refractivity contribution is 0.510. The molecule has 3 N–H and O–H groups in total. The number of guanidine groups is 1. The summed E-state index contributed by atoms with van der Waals surface area (Å²) in [6, 6.07) is 10.1. The highest BCUT2D eigenvalue weighted by molar-refractivity contribution is 5.90. The fourth-order valence-corrected chi connectivity index (χ4v) is 1.53. The molecule has 1 aromatic rings. The van der Waals surface area contributed by atoms with Crippen molar-refractivity contribution in [1.29, 1.82) is 0 Å². The van der Waals surface area contributed by atoms with E-state index in [4.69, 9.17) is 5.73 Å². The largest absolute Gasteiger partial charge is 0.368 e. The maximum Gasteiger partial charge on any atom is 0.216 e. The van der Waals surface area contributed by atoms with Crippen LogP contribution in [0.2, 0.25) is 0 Å². The summed E-state index contributed by atoms with van der Waals surface area (Å²) < 4.78 is 0. The second kappa shape index (κ2) is 3.82. The van der Waals surface area contributed by atoms with E-state index in [9.17, 15) is 0 Å². The van der Waals surface area contributed by atoms with Crippen LogP contribution in [0.1, 0.15) is 12.5 Å². The molecule has 0 saturated heterocycles. The summed E-state index contributed by atoms with van der Waals surface area (Å²) in [7, 11) is 0. The van der Waals surface area contributed by atoms with Crippen molar-refractivity contribution in [2.24, 2.45) is 15.7 Å². The van der Waals surface area contributed by atoms with Gasteiger partial charge in [-0.15, -0.1) is 0 Å². The van der Waals surface area contributed by atoms with Crippen LogP contribution in [0.25, 0.3) is 0 Å². The van der Waals surface area contributed by atoms with Gasteiger partial charge in [-0.3, -0.25) is 5.32 Å². The van der Waals surface area contributed by atoms with Crippen molar-refractivity contribution in [2.45, 2.75) is 12.5 Å². The summed E-state index contributed by atoms with van der Waals surface area (Å²) >= 11 is 0. The number of nitrogens with two attached hydrogens (primary N) is 1. The second-order valence-corrected chi connectivity index (χ2v) is 3.68. The monoisotopic (exact) mass is 202 g/mol. The Kier molecular flexibility index (Phi) is 2.51. The number of rotatable bonds is 1. The highest BCUT2D eigenvalue weighted by Crippen LogP contribution is 2.18. The van der Waals surface area contributed by atoms with Gasteiger partial charge in [-0.2, -0.15) is 0 Å². The minimum atomic E-state index is -0.300. The van der Waals surface area contributed by atoms with Gasteiger partial charge in [0, 0.05) is 6.21 Å². The van der Waals surface area contributed by atoms with E-state index in [-0.39, 0.29) is 5.54 Å². The van der Waals surface area contributed by atoms with Gasteiger partial charge in [-0.25, -0.2) is 9.98 Å². The third-order valence-corrected chi connectivity index (χ3v) is 2.52. The standard InChI is InChI=1S/C11H14N4/c1-11(9-5-3-2-4-6-9)7-13-10(12)14-8-15-11/h2-7,15H,8H2,1H3,(H2,12,14). The van der Waals surface area contributed by atoms with Crippen LogP contribution in [0.3, 0.4) is 0 Å². The van der Waals surface area contributed by atoms with E-state index in [1.807, 2.05) is 18.2 Å². The van der Waals surface area contributed by atoms with Crippen LogP contribution < -0.4 is 11.1 Å². The van der Waals surface area contributed by atoms with Crippen LogP contribution in [0, 0.1) is 0 Å². The number of nitrogens with one attached hydrogen (secondary N) is 1. The first-order chi connectivity index (χ1) is 7.21. The predicted molar refractivity (Wildman–Crippen MR) is 61.9 cm³/mol. The highest BCUT2D eigenvalue weighted by atomic mass is 15.2. The lowest BCUT2D eigenvalue weighted by Gasteiger charge is -2.25. The molecule has 0 fully saturated rings. The van der Waals surface area contributed by atoms with Gasteiger partial charge in [0.15, 0.2) is 0 Å². The molecule has 0 radical (unpaired) electrons. The molecule has 0 aromatic heterocycles. The maximum atomic E-state index is 5.55. The molecule has 1 atom stereocenters. The number of nitrogens with zero attached hydrogens (tertiary/aromatic N) is 2. The molecule has 0 saturated carbocycles. The Morgan fingerprint density at radius 1 is 1.33 bits per heavy atom. The molecule has 1 heterocycles. The van der Waals surface area contributed by atoms with Gasteiger partial charge in [0.25, 0.3) is 0 Å². The summed E-state index contributed by atoms with van der Waals surface area (Å²) in [5, 5.41) is 3.29. The Labute approximate surface area is 88.9 Å². The van der Waals surface area contributed by atoms with Gasteiger partial charge in [-0.1, -0.05) is 30.3 Å². The molecule has 78 valence electrons.